The van der Waals surface area contributed by atoms with E-state index >= 15 is 0 Å². The van der Waals surface area contributed by atoms with Crippen LogP contribution in [-0.4, -0.2) is 51.5 Å². The molecule has 0 fully saturated rings. The summed E-state index contributed by atoms with van der Waals surface area (Å²) in [4.78, 5) is 35.4. The number of ether oxygens (including phenoxy) is 2. The maximum absolute atomic E-state index is 13.1. The maximum atomic E-state index is 13.1. The van der Waals surface area contributed by atoms with Crippen LogP contribution in [0.25, 0.3) is 10.8 Å². The number of nitrogens with two attached hydrogens (primary N) is 1. The minimum atomic E-state index is -0.513. The summed E-state index contributed by atoms with van der Waals surface area (Å²) in [7, 11) is 0. The van der Waals surface area contributed by atoms with Crippen LogP contribution in [0.15, 0.2) is 53.2 Å². The summed E-state index contributed by atoms with van der Waals surface area (Å²) in [6, 6.07) is 11.2. The van der Waals surface area contributed by atoms with Crippen molar-refractivity contribution in [3.63, 3.8) is 0 Å². The molecular weight excluding hydrogens is 480 g/mol. The number of aliphatic hydroxyl groups excluding tert-OH is 1. The molecule has 0 atom stereocenters. The van der Waals surface area contributed by atoms with Gasteiger partial charge in [-0.05, 0) is 37.6 Å². The third-order valence-corrected chi connectivity index (χ3v) is 6.56. The van der Waals surface area contributed by atoms with Crippen molar-refractivity contribution in [1.82, 2.24) is 14.9 Å². The highest BCUT2D eigenvalue weighted by molar-refractivity contribution is 8.02. The fourth-order valence-corrected chi connectivity index (χ4v) is 4.51. The van der Waals surface area contributed by atoms with Gasteiger partial charge in [-0.3, -0.25) is 4.79 Å². The first kappa shape index (κ1) is 27.0. The van der Waals surface area contributed by atoms with Crippen LogP contribution in [0.2, 0.25) is 0 Å². The molecule has 0 unspecified atom stereocenters. The average Bonchev–Trinajstić information content (AvgIpc) is 2.87. The van der Waals surface area contributed by atoms with E-state index in [1.807, 2.05) is 37.3 Å². The molecule has 0 saturated carbocycles. The van der Waals surface area contributed by atoms with Crippen molar-refractivity contribution in [2.45, 2.75) is 33.7 Å². The molecule has 0 aliphatic heterocycles. The van der Waals surface area contributed by atoms with Crippen molar-refractivity contribution in [2.24, 2.45) is 0 Å². The number of rotatable bonds is 12. The zero-order chi connectivity index (χ0) is 26.1. The number of thioether (sulfide) groups is 1. The Kier molecular flexibility index (Phi) is 9.66. The van der Waals surface area contributed by atoms with Gasteiger partial charge in [0.05, 0.1) is 13.2 Å². The average molecular weight is 511 g/mol. The highest BCUT2D eigenvalue weighted by atomic mass is 32.2. The van der Waals surface area contributed by atoms with Crippen LogP contribution in [0, 0.1) is 6.92 Å². The summed E-state index contributed by atoms with van der Waals surface area (Å²) in [5.74, 6) is 0.771. The Morgan fingerprint density at radius 2 is 2.03 bits per heavy atom. The summed E-state index contributed by atoms with van der Waals surface area (Å²) < 4.78 is 11.3. The molecule has 0 radical (unpaired) electrons. The van der Waals surface area contributed by atoms with Crippen molar-refractivity contribution in [2.75, 3.05) is 24.9 Å². The van der Waals surface area contributed by atoms with E-state index < -0.39 is 5.97 Å². The fourth-order valence-electron chi connectivity index (χ4n) is 3.64. The Labute approximate surface area is 214 Å². The van der Waals surface area contributed by atoms with Gasteiger partial charge in [0.25, 0.3) is 0 Å². The SMILES string of the molecule is CCOc1ccc2ccccc2c1C(=O)OCSC(CCO)=C(C)N(C=O)Cc1cnc(C)nc1N. The van der Waals surface area contributed by atoms with Gasteiger partial charge in [0.15, 0.2) is 0 Å². The van der Waals surface area contributed by atoms with Gasteiger partial charge in [-0.1, -0.05) is 42.1 Å². The molecule has 9 nitrogen and oxygen atoms in total. The van der Waals surface area contributed by atoms with Gasteiger partial charge in [-0.15, -0.1) is 0 Å². The predicted octanol–water partition coefficient (Wildman–Crippen LogP) is 4.04. The molecule has 0 aliphatic rings. The molecule has 3 rings (SSSR count). The van der Waals surface area contributed by atoms with E-state index in [2.05, 4.69) is 9.97 Å². The zero-order valence-electron chi connectivity index (χ0n) is 20.6. The zero-order valence-corrected chi connectivity index (χ0v) is 21.4. The molecule has 1 aromatic heterocycles. The van der Waals surface area contributed by atoms with Crippen LogP contribution in [0.5, 0.6) is 5.75 Å². The number of amides is 1. The Morgan fingerprint density at radius 1 is 1.25 bits per heavy atom. The summed E-state index contributed by atoms with van der Waals surface area (Å²) in [5.41, 5.74) is 7.56. The second kappa shape index (κ2) is 12.9. The van der Waals surface area contributed by atoms with Gasteiger partial charge >= 0.3 is 5.97 Å². The summed E-state index contributed by atoms with van der Waals surface area (Å²) in [6.45, 7) is 5.80. The normalized spacial score (nSPS) is 11.7. The number of nitrogens with zero attached hydrogens (tertiary/aromatic N) is 3. The number of aryl methyl sites for hydroxylation is 1. The molecule has 0 aliphatic carbocycles. The second-order valence-electron chi connectivity index (χ2n) is 7.83. The van der Waals surface area contributed by atoms with Crippen molar-refractivity contribution in [3.8, 4) is 5.75 Å². The largest absolute Gasteiger partial charge is 0.493 e. The molecule has 0 saturated heterocycles. The fraction of sp³-hybridized carbons (Fsp3) is 0.308. The van der Waals surface area contributed by atoms with E-state index in [9.17, 15) is 14.7 Å². The standard InChI is InChI=1S/C26H30N4O5S/c1-4-34-22-10-9-19-7-5-6-8-21(19)24(22)26(33)35-16-36-23(11-12-31)17(2)30(15-32)14-20-13-28-18(3)29-25(20)27/h5-10,13,15,31H,4,11-12,14,16H2,1-3H3,(H2,27,28,29). The number of allylic oxidation sites excluding steroid dienone is 1. The van der Waals surface area contributed by atoms with Gasteiger partial charge in [0, 0.05) is 35.4 Å². The smallest absolute Gasteiger partial charge is 0.343 e. The number of benzene rings is 2. The first-order valence-electron chi connectivity index (χ1n) is 11.4. The molecule has 10 heteroatoms. The lowest BCUT2D eigenvalue weighted by molar-refractivity contribution is -0.116. The van der Waals surface area contributed by atoms with Crippen molar-refractivity contribution in [1.29, 1.82) is 0 Å². The van der Waals surface area contributed by atoms with Crippen molar-refractivity contribution < 1.29 is 24.2 Å². The van der Waals surface area contributed by atoms with E-state index in [1.54, 1.807) is 26.1 Å². The number of fused-ring (bicyclic) bond motifs is 1. The Morgan fingerprint density at radius 3 is 2.72 bits per heavy atom. The third-order valence-electron chi connectivity index (χ3n) is 5.48. The number of anilines is 1. The molecule has 2 aromatic carbocycles. The highest BCUT2D eigenvalue weighted by Gasteiger charge is 2.19. The van der Waals surface area contributed by atoms with Gasteiger partial charge in [0.1, 0.15) is 28.9 Å². The number of carbonyl (C=O) groups excluding carboxylic acids is 2. The monoisotopic (exact) mass is 510 g/mol. The molecule has 36 heavy (non-hydrogen) atoms. The molecular formula is C26H30N4O5S. The number of hydrogen-bond acceptors (Lipinski definition) is 9. The first-order chi connectivity index (χ1) is 17.4. The first-order valence-corrected chi connectivity index (χ1v) is 12.4. The third kappa shape index (κ3) is 6.52. The van der Waals surface area contributed by atoms with Crippen LogP contribution in [-0.2, 0) is 16.1 Å². The quantitative estimate of drug-likeness (QED) is 0.211. The van der Waals surface area contributed by atoms with Gasteiger partial charge in [0.2, 0.25) is 6.41 Å². The molecule has 1 amide bonds. The lowest BCUT2D eigenvalue weighted by Crippen LogP contribution is -2.22. The van der Waals surface area contributed by atoms with Crippen LogP contribution in [0.1, 0.15) is 42.0 Å². The maximum Gasteiger partial charge on any atom is 0.343 e. The Balaban J connectivity index is 1.77. The second-order valence-corrected chi connectivity index (χ2v) is 8.85. The number of nitrogen functional groups attached to an aromatic ring is 1. The number of aromatic nitrogens is 2. The van der Waals surface area contributed by atoms with Crippen LogP contribution in [0.3, 0.4) is 0 Å². The molecule has 0 bridgehead atoms. The molecule has 0 spiro atoms. The highest BCUT2D eigenvalue weighted by Crippen LogP contribution is 2.31. The summed E-state index contributed by atoms with van der Waals surface area (Å²) in [6.07, 6.45) is 2.56. The number of esters is 1. The number of carbonyl (C=O) groups is 2. The predicted molar refractivity (Wildman–Crippen MR) is 140 cm³/mol. The van der Waals surface area contributed by atoms with E-state index in [-0.39, 0.29) is 25.5 Å². The van der Waals surface area contributed by atoms with Crippen molar-refractivity contribution >= 4 is 40.7 Å². The van der Waals surface area contributed by atoms with Gasteiger partial charge < -0.3 is 25.2 Å². The van der Waals surface area contributed by atoms with Crippen LogP contribution >= 0.6 is 11.8 Å². The van der Waals surface area contributed by atoms with Crippen LogP contribution < -0.4 is 10.5 Å². The molecule has 190 valence electrons. The van der Waals surface area contributed by atoms with Crippen molar-refractivity contribution in [3.05, 3.63) is 70.1 Å². The topological polar surface area (TPSA) is 128 Å². The number of aliphatic hydroxyl groups is 1. The molecule has 1 heterocycles. The lowest BCUT2D eigenvalue weighted by Gasteiger charge is -2.22. The summed E-state index contributed by atoms with van der Waals surface area (Å²) in [5, 5.41) is 11.2. The van der Waals surface area contributed by atoms with E-state index in [0.29, 0.717) is 52.1 Å². The number of hydrogen-bond donors (Lipinski definition) is 2. The Hall–Kier alpha value is -3.63. The lowest BCUT2D eigenvalue weighted by atomic mass is 10.0. The van der Waals surface area contributed by atoms with E-state index in [4.69, 9.17) is 15.2 Å². The summed E-state index contributed by atoms with van der Waals surface area (Å²) >= 11 is 1.24. The minimum Gasteiger partial charge on any atom is -0.493 e. The van der Waals surface area contributed by atoms with Gasteiger partial charge in [-0.25, -0.2) is 14.8 Å². The molecule has 3 N–H and O–H groups in total. The van der Waals surface area contributed by atoms with E-state index in [0.717, 1.165) is 10.8 Å². The minimum absolute atomic E-state index is 0.0111. The van der Waals surface area contributed by atoms with Gasteiger partial charge in [-0.2, -0.15) is 0 Å². The Bertz CT molecular complexity index is 1260. The molecule has 3 aromatic rings. The van der Waals surface area contributed by atoms with Crippen LogP contribution in [0.4, 0.5) is 5.82 Å². The van der Waals surface area contributed by atoms with E-state index in [1.165, 1.54) is 16.7 Å².